The molecule has 0 aromatic heterocycles. The molecule has 1 aromatic carbocycles. The van der Waals surface area contributed by atoms with Crippen molar-refractivity contribution in [1.29, 1.82) is 0 Å². The number of hydrogen-bond acceptors (Lipinski definition) is 12. The molecule has 1 aromatic rings. The number of nitrogens with one attached hydrogen (secondary N) is 1. The van der Waals surface area contributed by atoms with Gasteiger partial charge in [0.05, 0.1) is 53.7 Å². The molecule has 0 unspecified atom stereocenters. The quantitative estimate of drug-likeness (QED) is 0.0792. The predicted molar refractivity (Wildman–Crippen MR) is 237 cm³/mol. The minimum atomic E-state index is -1.39. The Morgan fingerprint density at radius 2 is 1.60 bits per heavy atom. The van der Waals surface area contributed by atoms with Gasteiger partial charge in [0.15, 0.2) is 17.3 Å². The fraction of sp³-hybridized carbons (Fsp3) is 0.800. The van der Waals surface area contributed by atoms with Crippen LogP contribution in [0.25, 0.3) is 0 Å². The van der Waals surface area contributed by atoms with Crippen LogP contribution >= 0.6 is 0 Å². The van der Waals surface area contributed by atoms with Crippen LogP contribution < -0.4 is 5.32 Å². The largest absolute Gasteiger partial charge is 0.504 e. The molecule has 356 valence electrons. The third kappa shape index (κ3) is 9.92. The molecule has 18 atom stereocenters. The molecule has 0 saturated carbocycles. The number of amides is 1. The summed E-state index contributed by atoms with van der Waals surface area (Å²) in [5, 5.41) is 57.1. The normalized spacial score (nSPS) is 40.6. The van der Waals surface area contributed by atoms with Crippen molar-refractivity contribution >= 4 is 11.7 Å². The third-order valence-electron chi connectivity index (χ3n) is 16.2. The summed E-state index contributed by atoms with van der Waals surface area (Å²) < 4.78 is 34.0. The van der Waals surface area contributed by atoms with Crippen LogP contribution in [0.5, 0.6) is 11.5 Å². The van der Waals surface area contributed by atoms with E-state index in [0.717, 1.165) is 12.0 Å². The topological polar surface area (TPSA) is 193 Å². The van der Waals surface area contributed by atoms with Crippen molar-refractivity contribution in [2.75, 3.05) is 6.54 Å². The van der Waals surface area contributed by atoms with Crippen molar-refractivity contribution in [1.82, 2.24) is 5.32 Å². The number of ether oxygens (including phenoxy) is 5. The second-order valence-corrected chi connectivity index (χ2v) is 20.4. The van der Waals surface area contributed by atoms with Crippen LogP contribution in [0.3, 0.4) is 0 Å². The maximum atomic E-state index is 14.7. The summed E-state index contributed by atoms with van der Waals surface area (Å²) in [5.74, 6) is -5.31. The van der Waals surface area contributed by atoms with Gasteiger partial charge in [-0.1, -0.05) is 61.5 Å². The number of rotatable bonds is 15. The molecular weight excluding hydrogens is 807 g/mol. The van der Waals surface area contributed by atoms with Crippen LogP contribution in [-0.2, 0) is 39.7 Å². The van der Waals surface area contributed by atoms with E-state index in [1.165, 1.54) is 12.1 Å². The Morgan fingerprint density at radius 3 is 2.25 bits per heavy atom. The van der Waals surface area contributed by atoms with Crippen molar-refractivity contribution < 1.29 is 58.8 Å². The summed E-state index contributed by atoms with van der Waals surface area (Å²) in [6, 6.07) is 4.63. The molecular formula is C50H79NO12. The zero-order chi connectivity index (χ0) is 46.2. The molecule has 6 rings (SSSR count). The van der Waals surface area contributed by atoms with Gasteiger partial charge in [0.2, 0.25) is 11.7 Å². The van der Waals surface area contributed by atoms with Gasteiger partial charge >= 0.3 is 0 Å². The Balaban J connectivity index is 1.10. The third-order valence-corrected chi connectivity index (χ3v) is 16.2. The molecule has 0 aliphatic carbocycles. The molecule has 6 N–H and O–H groups in total. The van der Waals surface area contributed by atoms with Crippen LogP contribution in [0.1, 0.15) is 139 Å². The Bertz CT molecular complexity index is 1780. The van der Waals surface area contributed by atoms with E-state index < -0.39 is 64.8 Å². The second-order valence-electron chi connectivity index (χ2n) is 20.4. The lowest BCUT2D eigenvalue weighted by Gasteiger charge is -2.54. The number of ketones is 1. The van der Waals surface area contributed by atoms with Gasteiger partial charge in [-0.05, 0) is 120 Å². The maximum Gasteiger partial charge on any atom is 0.225 e. The van der Waals surface area contributed by atoms with Gasteiger partial charge in [0.25, 0.3) is 0 Å². The summed E-state index contributed by atoms with van der Waals surface area (Å²) in [5.41, 5.74) is -0.864. The molecule has 0 radical (unpaired) electrons. The number of phenols is 2. The van der Waals surface area contributed by atoms with Crippen molar-refractivity contribution in [3.8, 4) is 11.5 Å². The van der Waals surface area contributed by atoms with Crippen LogP contribution in [0.4, 0.5) is 0 Å². The number of benzene rings is 1. The first kappa shape index (κ1) is 49.8. The molecule has 0 bridgehead atoms. The minimum absolute atomic E-state index is 0.00174. The van der Waals surface area contributed by atoms with Crippen LogP contribution in [-0.4, -0.2) is 109 Å². The number of aliphatic hydroxyl groups excluding tert-OH is 2. The molecule has 5 aliphatic heterocycles. The Hall–Kier alpha value is -2.62. The van der Waals surface area contributed by atoms with Gasteiger partial charge in [0, 0.05) is 36.6 Å². The average Bonchev–Trinajstić information content (AvgIpc) is 3.60. The van der Waals surface area contributed by atoms with Gasteiger partial charge in [-0.3, -0.25) is 9.59 Å². The maximum absolute atomic E-state index is 14.7. The zero-order valence-corrected chi connectivity index (χ0v) is 39.5. The van der Waals surface area contributed by atoms with Gasteiger partial charge in [-0.25, -0.2) is 0 Å². The number of carbonyl (C=O) groups excluding carboxylic acids is 2. The zero-order valence-electron chi connectivity index (χ0n) is 39.5. The van der Waals surface area contributed by atoms with Gasteiger partial charge in [-0.15, -0.1) is 0 Å². The number of Topliss-reactive ketones (excluding diaryl/α,β-unsaturated/α-hetero) is 1. The highest BCUT2D eigenvalue weighted by molar-refractivity contribution is 5.84. The van der Waals surface area contributed by atoms with E-state index in [4.69, 9.17) is 23.7 Å². The summed E-state index contributed by atoms with van der Waals surface area (Å²) in [7, 11) is 0. The Kier molecular flexibility index (Phi) is 15.6. The summed E-state index contributed by atoms with van der Waals surface area (Å²) in [6.45, 7) is 20.2. The molecule has 5 aliphatic rings. The van der Waals surface area contributed by atoms with Crippen LogP contribution in [0.2, 0.25) is 0 Å². The predicted octanol–water partition coefficient (Wildman–Crippen LogP) is 6.87. The van der Waals surface area contributed by atoms with E-state index in [1.54, 1.807) is 25.1 Å². The molecule has 13 nitrogen and oxygen atoms in total. The molecule has 63 heavy (non-hydrogen) atoms. The Morgan fingerprint density at radius 1 is 0.889 bits per heavy atom. The summed E-state index contributed by atoms with van der Waals surface area (Å²) in [6.07, 6.45) is 6.14. The van der Waals surface area contributed by atoms with Crippen LogP contribution in [0, 0.1) is 41.4 Å². The van der Waals surface area contributed by atoms with Crippen LogP contribution in [0.15, 0.2) is 30.4 Å². The van der Waals surface area contributed by atoms with E-state index in [2.05, 4.69) is 26.1 Å². The molecule has 13 heteroatoms. The molecule has 4 saturated heterocycles. The standard InChI is InChI=1S/C50H79NO12/c1-11-35(46(57)51-25-20-34-15-16-37(52)38(53)27-34)39-17-14-28(4)44(60-39)32(8)42(55)31(7)43(56)36(12-2)45-29(5)26-30(6)49(61-45)22-18-40(54)50(63-49)24-23-47(10,62-50)41-19-21-48(58,13-3)33(9)59-41/h15-16,18,22,27-33,35-36,39-42,44-45,52-55,58H,11-14,17,19-21,23-26H2,1-10H3,(H,51,57)/t28-,29-,30+,31-,32-,33-,35+,36-,39+,40+,41+,42+,44+,45-,47-,48+,49-,50-/m0/s1. The number of aliphatic hydroxyl groups is 3. The molecule has 5 heterocycles. The molecule has 2 spiro atoms. The van der Waals surface area contributed by atoms with E-state index in [9.17, 15) is 35.1 Å². The number of aromatic hydroxyl groups is 2. The lowest BCUT2D eigenvalue weighted by Crippen LogP contribution is -2.63. The first-order valence-corrected chi connectivity index (χ1v) is 24.2. The number of phenolic OH excluding ortho intramolecular Hbond substituents is 2. The molecule has 1 amide bonds. The molecule has 4 fully saturated rings. The average molecular weight is 886 g/mol. The van der Waals surface area contributed by atoms with Gasteiger partial charge in [-0.2, -0.15) is 0 Å². The minimum Gasteiger partial charge on any atom is -0.504 e. The van der Waals surface area contributed by atoms with E-state index in [0.29, 0.717) is 70.8 Å². The van der Waals surface area contributed by atoms with Crippen molar-refractivity contribution in [2.24, 2.45) is 41.4 Å². The van der Waals surface area contributed by atoms with Gasteiger partial charge in [0.1, 0.15) is 11.9 Å². The number of hydrogen-bond donors (Lipinski definition) is 6. The summed E-state index contributed by atoms with van der Waals surface area (Å²) >= 11 is 0. The first-order chi connectivity index (χ1) is 29.7. The van der Waals surface area contributed by atoms with Crippen molar-refractivity contribution in [3.05, 3.63) is 35.9 Å². The first-order valence-electron chi connectivity index (χ1n) is 24.2. The smallest absolute Gasteiger partial charge is 0.225 e. The fourth-order valence-corrected chi connectivity index (χ4v) is 11.7. The van der Waals surface area contributed by atoms with Gasteiger partial charge < -0.3 is 54.5 Å². The van der Waals surface area contributed by atoms with Crippen molar-refractivity contribution in [2.45, 2.75) is 205 Å². The second kappa shape index (κ2) is 19.7. The summed E-state index contributed by atoms with van der Waals surface area (Å²) in [4.78, 5) is 28.2. The highest BCUT2D eigenvalue weighted by Gasteiger charge is 2.63. The monoisotopic (exact) mass is 886 g/mol. The lowest BCUT2D eigenvalue weighted by atomic mass is 9.72. The fourth-order valence-electron chi connectivity index (χ4n) is 11.7. The number of carbonyl (C=O) groups is 2. The van der Waals surface area contributed by atoms with E-state index in [1.807, 2.05) is 41.5 Å². The highest BCUT2D eigenvalue weighted by atomic mass is 16.8. The highest BCUT2D eigenvalue weighted by Crippen LogP contribution is 2.54. The van der Waals surface area contributed by atoms with E-state index >= 15 is 0 Å². The van der Waals surface area contributed by atoms with E-state index in [-0.39, 0.29) is 65.4 Å². The lowest BCUT2D eigenvalue weighted by molar-refractivity contribution is -0.409. The van der Waals surface area contributed by atoms with Crippen molar-refractivity contribution in [3.63, 3.8) is 0 Å². The SMILES string of the molecule is CC[C@@H](C(=O)[C@@H](C)[C@@H](O)[C@H](C)[C@@H]1O[C@@H]([C@@H](CC)C(=O)NCCc2ccc(O)c(O)c2)CC[C@@H]1C)[C@H]1O[C@]2(C=C[C@@H](O)[C@]3(CC[C@@](C)([C@H]4CC[C@](O)(CC)[C@H](C)O4)O3)O2)[C@H](C)C[C@@H]1C. The Labute approximate surface area is 375 Å².